The molecule has 6 fully saturated rings. The van der Waals surface area contributed by atoms with E-state index in [9.17, 15) is 0 Å². The molecule has 0 radical (unpaired) electrons. The molecule has 0 aromatic rings. The number of fused-ring (bicyclic) bond motifs is 1. The van der Waals surface area contributed by atoms with E-state index in [0.29, 0.717) is 6.04 Å². The Labute approximate surface area is 351 Å². The number of likely N-dealkylation sites (N-methyl/N-ethyl adjacent to an activating group) is 1. The van der Waals surface area contributed by atoms with Crippen LogP contribution in [0.3, 0.4) is 0 Å². The SMILES string of the molecule is CC.CC.CC.CC.CC.CC(C)N1CCC2CC21.CC(C)N1CCCC1.CC(C)N1CCCCC1.CC(C)N1CCN(C)CC1.CC(C)N1CCOCC1. The maximum atomic E-state index is 5.21. The van der Waals surface area contributed by atoms with Gasteiger partial charge in [0, 0.05) is 75.5 Å². The van der Waals surface area contributed by atoms with Crippen LogP contribution in [0.2, 0.25) is 0 Å². The van der Waals surface area contributed by atoms with E-state index < -0.39 is 0 Å². The predicted molar refractivity (Wildman–Crippen MR) is 253 cm³/mol. The van der Waals surface area contributed by atoms with E-state index in [4.69, 9.17) is 4.74 Å². The minimum absolute atomic E-state index is 0.689. The zero-order valence-electron chi connectivity index (χ0n) is 42.3. The van der Waals surface area contributed by atoms with E-state index in [1.54, 1.807) is 0 Å². The minimum atomic E-state index is 0.689. The second-order valence-corrected chi connectivity index (χ2v) is 15.9. The molecule has 5 saturated heterocycles. The van der Waals surface area contributed by atoms with Gasteiger partial charge in [-0.1, -0.05) is 75.7 Å². The van der Waals surface area contributed by atoms with E-state index in [1.807, 2.05) is 69.2 Å². The van der Waals surface area contributed by atoms with Crippen LogP contribution in [0.5, 0.6) is 0 Å². The van der Waals surface area contributed by atoms with E-state index in [2.05, 4.69) is 106 Å². The Morgan fingerprint density at radius 1 is 0.382 bits per heavy atom. The second-order valence-electron chi connectivity index (χ2n) is 15.9. The summed E-state index contributed by atoms with van der Waals surface area (Å²) in [5.74, 6) is 1.10. The lowest BCUT2D eigenvalue weighted by molar-refractivity contribution is 0.0238. The molecule has 2 unspecified atom stereocenters. The summed E-state index contributed by atoms with van der Waals surface area (Å²) in [6.07, 6.45) is 10.1. The average Bonchev–Trinajstić information content (AvgIpc) is 3.56. The van der Waals surface area contributed by atoms with Crippen LogP contribution in [-0.4, -0.2) is 158 Å². The third-order valence-electron chi connectivity index (χ3n) is 10.8. The van der Waals surface area contributed by atoms with Gasteiger partial charge in [-0.3, -0.25) is 14.7 Å². The Kier molecular flexibility index (Phi) is 46.7. The standard InChI is InChI=1S/C8H18N2.C8H15N.C8H17N.C7H15NO.C7H15N.5C2H6/c1-8(2)10-6-4-9(3)5-7-10;1-6(2)9-4-3-7-5-8(7)9;1-8(2)9-6-4-3-5-7-9;1-7(2)8-3-5-9-6-4-8;1-7(2)8-5-3-4-6-8;5*1-2/h8H,4-7H2,1-3H3;6-8H,3-5H2,1-2H3;8H,3-7H2,1-2H3;7H,3-6H2,1-2H3;7H,3-6H2,1-2H3;5*1-2H3. The molecule has 2 atom stereocenters. The van der Waals surface area contributed by atoms with Gasteiger partial charge in [-0.05, 0) is 153 Å². The molecule has 5 heterocycles. The van der Waals surface area contributed by atoms with Crippen molar-refractivity contribution in [2.45, 2.75) is 220 Å². The van der Waals surface area contributed by atoms with Crippen LogP contribution in [0, 0.1) is 5.92 Å². The van der Waals surface area contributed by atoms with Crippen molar-refractivity contribution in [1.29, 1.82) is 0 Å². The van der Waals surface area contributed by atoms with Gasteiger partial charge in [0.25, 0.3) is 0 Å². The summed E-state index contributed by atoms with van der Waals surface area (Å²) >= 11 is 0. The zero-order chi connectivity index (χ0) is 43.4. The van der Waals surface area contributed by atoms with Crippen LogP contribution in [0.15, 0.2) is 0 Å². The number of hydrogen-bond acceptors (Lipinski definition) is 7. The molecule has 0 aromatic carbocycles. The predicted octanol–water partition coefficient (Wildman–Crippen LogP) is 11.4. The Morgan fingerprint density at radius 2 is 0.709 bits per heavy atom. The molecular weight excluding hydrogens is 677 g/mol. The molecule has 1 saturated carbocycles. The van der Waals surface area contributed by atoms with Gasteiger partial charge in [0.05, 0.1) is 13.2 Å². The van der Waals surface area contributed by atoms with Crippen LogP contribution < -0.4 is 0 Å². The molecule has 0 amide bonds. The maximum Gasteiger partial charge on any atom is 0.0594 e. The summed E-state index contributed by atoms with van der Waals surface area (Å²) in [4.78, 5) is 15.1. The third-order valence-corrected chi connectivity index (χ3v) is 10.8. The third kappa shape index (κ3) is 31.3. The van der Waals surface area contributed by atoms with E-state index in [1.165, 1.54) is 104 Å². The van der Waals surface area contributed by atoms with Gasteiger partial charge in [0.15, 0.2) is 0 Å². The summed E-state index contributed by atoms with van der Waals surface area (Å²) in [7, 11) is 2.19. The molecule has 6 rings (SSSR count). The molecule has 0 bridgehead atoms. The summed E-state index contributed by atoms with van der Waals surface area (Å²) in [6, 6.07) is 4.76. The van der Waals surface area contributed by atoms with Gasteiger partial charge in [-0.2, -0.15) is 0 Å². The normalized spacial score (nSPS) is 22.6. The lowest BCUT2D eigenvalue weighted by atomic mass is 10.1. The molecule has 7 nitrogen and oxygen atoms in total. The van der Waals surface area contributed by atoms with Crippen molar-refractivity contribution in [3.63, 3.8) is 0 Å². The molecule has 55 heavy (non-hydrogen) atoms. The van der Waals surface area contributed by atoms with E-state index >= 15 is 0 Å². The Bertz CT molecular complexity index is 685. The van der Waals surface area contributed by atoms with Crippen molar-refractivity contribution < 1.29 is 4.74 Å². The maximum absolute atomic E-state index is 5.21. The Morgan fingerprint density at radius 3 is 0.945 bits per heavy atom. The largest absolute Gasteiger partial charge is 0.379 e. The first kappa shape index (κ1) is 61.4. The number of hydrogen-bond donors (Lipinski definition) is 0. The van der Waals surface area contributed by atoms with Crippen LogP contribution in [0.4, 0.5) is 0 Å². The first-order chi connectivity index (χ1) is 26.4. The molecule has 0 spiro atoms. The van der Waals surface area contributed by atoms with Crippen LogP contribution in [0.1, 0.15) is 183 Å². The highest BCUT2D eigenvalue weighted by Gasteiger charge is 2.47. The van der Waals surface area contributed by atoms with Crippen molar-refractivity contribution in [3.05, 3.63) is 0 Å². The summed E-state index contributed by atoms with van der Waals surface area (Å²) < 4.78 is 5.21. The zero-order valence-corrected chi connectivity index (χ0v) is 42.3. The number of likely N-dealkylation sites (tertiary alicyclic amines) is 3. The van der Waals surface area contributed by atoms with Crippen molar-refractivity contribution >= 4 is 0 Å². The highest BCUT2D eigenvalue weighted by atomic mass is 16.5. The molecule has 6 aliphatic rings. The molecule has 7 heteroatoms. The monoisotopic (exact) mass is 787 g/mol. The Hall–Kier alpha value is -0.280. The molecular formula is C48H110N6O. The fourth-order valence-electron chi connectivity index (χ4n) is 7.19. The lowest BCUT2D eigenvalue weighted by Crippen LogP contribution is -2.47. The number of morpholine rings is 1. The number of piperidine rings is 2. The van der Waals surface area contributed by atoms with E-state index in [-0.39, 0.29) is 0 Å². The van der Waals surface area contributed by atoms with Crippen LogP contribution in [0.25, 0.3) is 0 Å². The summed E-state index contributed by atoms with van der Waals surface area (Å²) in [5.41, 5.74) is 0. The second kappa shape index (κ2) is 41.9. The molecule has 1 aliphatic carbocycles. The van der Waals surface area contributed by atoms with Crippen LogP contribution >= 0.6 is 0 Å². The number of ether oxygens (including phenoxy) is 1. The number of nitrogens with zero attached hydrogens (tertiary/aromatic N) is 6. The van der Waals surface area contributed by atoms with Gasteiger partial charge in [0.2, 0.25) is 0 Å². The summed E-state index contributed by atoms with van der Waals surface area (Å²) in [5, 5.41) is 0. The molecule has 0 N–H and O–H groups in total. The summed E-state index contributed by atoms with van der Waals surface area (Å²) in [6.45, 7) is 58.4. The fourth-order valence-corrected chi connectivity index (χ4v) is 7.19. The first-order valence-electron chi connectivity index (χ1n) is 24.4. The molecule has 0 aromatic heterocycles. The van der Waals surface area contributed by atoms with Gasteiger partial charge in [-0.15, -0.1) is 0 Å². The number of piperazine rings is 1. The van der Waals surface area contributed by atoms with Gasteiger partial charge >= 0.3 is 0 Å². The highest BCUT2D eigenvalue weighted by molar-refractivity contribution is 5.01. The van der Waals surface area contributed by atoms with Crippen molar-refractivity contribution in [2.24, 2.45) is 5.92 Å². The first-order valence-corrected chi connectivity index (χ1v) is 24.4. The lowest BCUT2D eigenvalue weighted by Gasteiger charge is -2.34. The van der Waals surface area contributed by atoms with Crippen molar-refractivity contribution in [1.82, 2.24) is 29.4 Å². The molecule has 338 valence electrons. The Balaban J connectivity index is -0.000000279. The van der Waals surface area contributed by atoms with Gasteiger partial charge in [0.1, 0.15) is 0 Å². The smallest absolute Gasteiger partial charge is 0.0594 e. The number of rotatable bonds is 5. The van der Waals surface area contributed by atoms with Gasteiger partial charge < -0.3 is 19.4 Å². The van der Waals surface area contributed by atoms with Crippen LogP contribution in [-0.2, 0) is 4.74 Å². The van der Waals surface area contributed by atoms with Crippen molar-refractivity contribution in [3.8, 4) is 0 Å². The van der Waals surface area contributed by atoms with Crippen molar-refractivity contribution in [2.75, 3.05) is 92.3 Å². The highest BCUT2D eigenvalue weighted by Crippen LogP contribution is 2.45. The average molecular weight is 787 g/mol. The van der Waals surface area contributed by atoms with Gasteiger partial charge in [-0.25, -0.2) is 0 Å². The fraction of sp³-hybridized carbons (Fsp3) is 1.00. The topological polar surface area (TPSA) is 28.7 Å². The molecule has 5 aliphatic heterocycles. The minimum Gasteiger partial charge on any atom is -0.379 e. The quantitative estimate of drug-likeness (QED) is 0.274. The van der Waals surface area contributed by atoms with E-state index in [0.717, 1.165) is 62.4 Å².